The van der Waals surface area contributed by atoms with Gasteiger partial charge in [-0.3, -0.25) is 10.1 Å². The van der Waals surface area contributed by atoms with E-state index in [2.05, 4.69) is 10.6 Å². The standard InChI is InChI=1S/C19H28N4O3/c24-18-11-7-16(8-12-18)22-19(21-15-3-1-2-4-15)20-13-14-5-9-17(10-6-14)23(25)26/h5-6,9-10,15-16,18,24H,1-4,7-8,11-13H2,(H2,20,21,22). The van der Waals surface area contributed by atoms with Gasteiger partial charge in [-0.1, -0.05) is 25.0 Å². The SMILES string of the molecule is O=[N+]([O-])c1ccc(CN=C(NC2CCCC2)NC2CCC(O)CC2)cc1. The Hall–Kier alpha value is -2.15. The Morgan fingerprint density at radius 3 is 2.19 bits per heavy atom. The van der Waals surface area contributed by atoms with Crippen molar-refractivity contribution in [2.75, 3.05) is 0 Å². The maximum atomic E-state index is 10.8. The quantitative estimate of drug-likeness (QED) is 0.324. The molecular formula is C19H28N4O3. The zero-order valence-electron chi connectivity index (χ0n) is 15.1. The number of aliphatic imine (C=N–C) groups is 1. The lowest BCUT2D eigenvalue weighted by Gasteiger charge is -2.28. The Morgan fingerprint density at radius 1 is 1.04 bits per heavy atom. The molecule has 1 aromatic rings. The average molecular weight is 360 g/mol. The van der Waals surface area contributed by atoms with Crippen molar-refractivity contribution in [3.63, 3.8) is 0 Å². The zero-order valence-corrected chi connectivity index (χ0v) is 15.1. The molecule has 2 fully saturated rings. The van der Waals surface area contributed by atoms with Crippen LogP contribution in [0.25, 0.3) is 0 Å². The minimum Gasteiger partial charge on any atom is -0.393 e. The maximum Gasteiger partial charge on any atom is 0.269 e. The van der Waals surface area contributed by atoms with E-state index in [9.17, 15) is 15.2 Å². The number of nitrogens with one attached hydrogen (secondary N) is 2. The highest BCUT2D eigenvalue weighted by Crippen LogP contribution is 2.20. The number of guanidine groups is 1. The van der Waals surface area contributed by atoms with E-state index in [-0.39, 0.29) is 16.7 Å². The van der Waals surface area contributed by atoms with Crippen molar-refractivity contribution < 1.29 is 10.0 Å². The smallest absolute Gasteiger partial charge is 0.269 e. The van der Waals surface area contributed by atoms with E-state index in [0.717, 1.165) is 37.2 Å². The Labute approximate surface area is 154 Å². The number of rotatable bonds is 5. The third-order valence-electron chi connectivity index (χ3n) is 5.30. The molecular weight excluding hydrogens is 332 g/mol. The molecule has 0 bridgehead atoms. The fourth-order valence-corrected chi connectivity index (χ4v) is 3.70. The van der Waals surface area contributed by atoms with E-state index in [0.29, 0.717) is 18.6 Å². The molecule has 7 nitrogen and oxygen atoms in total. The van der Waals surface area contributed by atoms with Crippen LogP contribution in [0.3, 0.4) is 0 Å². The molecule has 0 spiro atoms. The van der Waals surface area contributed by atoms with Gasteiger partial charge in [0.15, 0.2) is 5.96 Å². The van der Waals surface area contributed by atoms with E-state index < -0.39 is 0 Å². The second-order valence-electron chi connectivity index (χ2n) is 7.36. The highest BCUT2D eigenvalue weighted by molar-refractivity contribution is 5.80. The summed E-state index contributed by atoms with van der Waals surface area (Å²) in [5, 5.41) is 27.5. The third-order valence-corrected chi connectivity index (χ3v) is 5.30. The van der Waals surface area contributed by atoms with Crippen LogP contribution in [0.15, 0.2) is 29.3 Å². The second-order valence-corrected chi connectivity index (χ2v) is 7.36. The van der Waals surface area contributed by atoms with Crippen molar-refractivity contribution in [3.8, 4) is 0 Å². The number of nitro benzene ring substituents is 1. The molecule has 2 aliphatic carbocycles. The predicted molar refractivity (Wildman–Crippen MR) is 101 cm³/mol. The number of hydrogen-bond donors (Lipinski definition) is 3. The molecule has 1 aromatic carbocycles. The fourth-order valence-electron chi connectivity index (χ4n) is 3.70. The zero-order chi connectivity index (χ0) is 18.4. The number of nitrogens with zero attached hydrogens (tertiary/aromatic N) is 2. The lowest BCUT2D eigenvalue weighted by Crippen LogP contribution is -2.48. The molecule has 0 radical (unpaired) electrons. The van der Waals surface area contributed by atoms with Gasteiger partial charge in [-0.2, -0.15) is 0 Å². The molecule has 142 valence electrons. The van der Waals surface area contributed by atoms with E-state index in [4.69, 9.17) is 4.99 Å². The first kappa shape index (κ1) is 18.6. The monoisotopic (exact) mass is 360 g/mol. The van der Waals surface area contributed by atoms with E-state index in [1.165, 1.54) is 37.8 Å². The number of non-ortho nitro benzene ring substituents is 1. The molecule has 0 aromatic heterocycles. The first-order valence-electron chi connectivity index (χ1n) is 9.59. The van der Waals surface area contributed by atoms with Gasteiger partial charge in [0.05, 0.1) is 17.6 Å². The average Bonchev–Trinajstić information content (AvgIpc) is 3.15. The van der Waals surface area contributed by atoms with Crippen molar-refractivity contribution >= 4 is 11.6 Å². The highest BCUT2D eigenvalue weighted by atomic mass is 16.6. The molecule has 0 heterocycles. The van der Waals surface area contributed by atoms with Crippen LogP contribution in [-0.2, 0) is 6.54 Å². The molecule has 0 saturated heterocycles. The van der Waals surface area contributed by atoms with Crippen LogP contribution in [0.2, 0.25) is 0 Å². The van der Waals surface area contributed by atoms with Crippen LogP contribution in [0.5, 0.6) is 0 Å². The summed E-state index contributed by atoms with van der Waals surface area (Å²) < 4.78 is 0. The molecule has 26 heavy (non-hydrogen) atoms. The summed E-state index contributed by atoms with van der Waals surface area (Å²) in [6.07, 6.45) is 8.23. The number of benzene rings is 1. The molecule has 3 rings (SSSR count). The molecule has 3 N–H and O–H groups in total. The van der Waals surface area contributed by atoms with Gasteiger partial charge >= 0.3 is 0 Å². The molecule has 0 aliphatic heterocycles. The lowest BCUT2D eigenvalue weighted by atomic mass is 9.93. The summed E-state index contributed by atoms with van der Waals surface area (Å²) in [5.74, 6) is 0.816. The van der Waals surface area contributed by atoms with Gasteiger partial charge in [0, 0.05) is 24.2 Å². The van der Waals surface area contributed by atoms with Crippen LogP contribution in [0.1, 0.15) is 56.9 Å². The van der Waals surface area contributed by atoms with Gasteiger partial charge in [0.2, 0.25) is 0 Å². The van der Waals surface area contributed by atoms with Crippen LogP contribution >= 0.6 is 0 Å². The number of hydrogen-bond acceptors (Lipinski definition) is 4. The summed E-state index contributed by atoms with van der Waals surface area (Å²) >= 11 is 0. The molecule has 0 atom stereocenters. The maximum absolute atomic E-state index is 10.8. The summed E-state index contributed by atoms with van der Waals surface area (Å²) in [6.45, 7) is 0.482. The van der Waals surface area contributed by atoms with Gasteiger partial charge in [-0.25, -0.2) is 4.99 Å². The second kappa shape index (κ2) is 8.98. The lowest BCUT2D eigenvalue weighted by molar-refractivity contribution is -0.384. The van der Waals surface area contributed by atoms with Gasteiger partial charge < -0.3 is 15.7 Å². The summed E-state index contributed by atoms with van der Waals surface area (Å²) in [7, 11) is 0. The van der Waals surface area contributed by atoms with Gasteiger partial charge in [0.25, 0.3) is 5.69 Å². The minimum atomic E-state index is -0.390. The fraction of sp³-hybridized carbons (Fsp3) is 0.632. The number of aliphatic hydroxyl groups is 1. The minimum absolute atomic E-state index is 0.0981. The largest absolute Gasteiger partial charge is 0.393 e. The van der Waals surface area contributed by atoms with Crippen molar-refractivity contribution in [2.45, 2.75) is 76.1 Å². The van der Waals surface area contributed by atoms with Crippen molar-refractivity contribution in [1.82, 2.24) is 10.6 Å². The Kier molecular flexibility index (Phi) is 6.44. The van der Waals surface area contributed by atoms with Crippen molar-refractivity contribution in [3.05, 3.63) is 39.9 Å². The topological polar surface area (TPSA) is 99.8 Å². The van der Waals surface area contributed by atoms with Crippen LogP contribution < -0.4 is 10.6 Å². The van der Waals surface area contributed by atoms with Crippen LogP contribution in [0.4, 0.5) is 5.69 Å². The van der Waals surface area contributed by atoms with E-state index in [1.54, 1.807) is 12.1 Å². The van der Waals surface area contributed by atoms with Gasteiger partial charge in [-0.05, 0) is 44.1 Å². The van der Waals surface area contributed by atoms with Crippen molar-refractivity contribution in [1.29, 1.82) is 0 Å². The molecule has 0 amide bonds. The molecule has 2 saturated carbocycles. The highest BCUT2D eigenvalue weighted by Gasteiger charge is 2.22. The molecule has 7 heteroatoms. The van der Waals surface area contributed by atoms with Gasteiger partial charge in [-0.15, -0.1) is 0 Å². The summed E-state index contributed by atoms with van der Waals surface area (Å²) in [6, 6.07) is 7.35. The van der Waals surface area contributed by atoms with Crippen molar-refractivity contribution in [2.24, 2.45) is 4.99 Å². The first-order valence-corrected chi connectivity index (χ1v) is 9.59. The molecule has 0 unspecified atom stereocenters. The first-order chi connectivity index (χ1) is 12.6. The normalized spacial score (nSPS) is 24.4. The van der Waals surface area contributed by atoms with Crippen LogP contribution in [-0.4, -0.2) is 34.2 Å². The predicted octanol–water partition coefficient (Wildman–Crippen LogP) is 2.88. The van der Waals surface area contributed by atoms with E-state index >= 15 is 0 Å². The van der Waals surface area contributed by atoms with Crippen LogP contribution in [0, 0.1) is 10.1 Å². The molecule has 2 aliphatic rings. The van der Waals surface area contributed by atoms with E-state index in [1.807, 2.05) is 0 Å². The number of aliphatic hydroxyl groups excluding tert-OH is 1. The third kappa shape index (κ3) is 5.42. The summed E-state index contributed by atoms with van der Waals surface area (Å²) in [4.78, 5) is 15.1. The summed E-state index contributed by atoms with van der Waals surface area (Å²) in [5.41, 5.74) is 1.04. The Balaban J connectivity index is 1.62. The Morgan fingerprint density at radius 2 is 1.62 bits per heavy atom. The Bertz CT molecular complexity index is 618. The van der Waals surface area contributed by atoms with Gasteiger partial charge in [0.1, 0.15) is 0 Å². The number of nitro groups is 1.